The minimum Gasteiger partial charge on any atom is -0.462 e. The molecule has 2 heteroatoms. The molecule has 0 rings (SSSR count). The van der Waals surface area contributed by atoms with E-state index < -0.39 is 0 Å². The van der Waals surface area contributed by atoms with Crippen molar-refractivity contribution in [2.75, 3.05) is 0 Å². The second kappa shape index (κ2) is 3.92. The van der Waals surface area contributed by atoms with E-state index in [2.05, 4.69) is 20.8 Å². The van der Waals surface area contributed by atoms with Crippen LogP contribution in [0, 0.1) is 11.3 Å². The van der Waals surface area contributed by atoms with E-state index in [1.165, 1.54) is 0 Å². The summed E-state index contributed by atoms with van der Waals surface area (Å²) in [7, 11) is 0. The largest absolute Gasteiger partial charge is 0.462 e. The van der Waals surface area contributed by atoms with Crippen molar-refractivity contribution in [2.45, 2.75) is 47.6 Å². The number of hydrogen-bond acceptors (Lipinski definition) is 2. The molecule has 0 fully saturated rings. The van der Waals surface area contributed by atoms with Gasteiger partial charge in [-0.2, -0.15) is 0 Å². The maximum absolute atomic E-state index is 11.2. The Morgan fingerprint density at radius 1 is 1.17 bits per heavy atom. The molecular formula is C10H20O2. The fraction of sp³-hybridized carbons (Fsp3) is 0.900. The van der Waals surface area contributed by atoms with E-state index >= 15 is 0 Å². The highest BCUT2D eigenvalue weighted by Gasteiger charge is 2.24. The topological polar surface area (TPSA) is 26.3 Å². The maximum Gasteiger partial charge on any atom is 0.308 e. The molecule has 72 valence electrons. The minimum atomic E-state index is -0.113. The molecule has 0 aromatic rings. The Kier molecular flexibility index (Phi) is 3.75. The van der Waals surface area contributed by atoms with Gasteiger partial charge in [0.1, 0.15) is 6.10 Å². The quantitative estimate of drug-likeness (QED) is 0.598. The molecule has 1 unspecified atom stereocenters. The Balaban J connectivity index is 4.02. The molecule has 2 nitrogen and oxygen atoms in total. The molecule has 0 bridgehead atoms. The summed E-state index contributed by atoms with van der Waals surface area (Å²) in [5.74, 6) is -0.146. The lowest BCUT2D eigenvalue weighted by atomic mass is 9.90. The molecular weight excluding hydrogens is 152 g/mol. The van der Waals surface area contributed by atoms with E-state index in [0.29, 0.717) is 0 Å². The zero-order valence-corrected chi connectivity index (χ0v) is 8.97. The molecule has 0 radical (unpaired) electrons. The summed E-state index contributed by atoms with van der Waals surface area (Å²) in [4.78, 5) is 11.2. The second-order valence-corrected chi connectivity index (χ2v) is 4.60. The summed E-state index contributed by atoms with van der Waals surface area (Å²) >= 11 is 0. The van der Waals surface area contributed by atoms with E-state index in [4.69, 9.17) is 4.74 Å². The van der Waals surface area contributed by atoms with Crippen molar-refractivity contribution in [2.24, 2.45) is 11.3 Å². The lowest BCUT2D eigenvalue weighted by Crippen LogP contribution is -2.30. The van der Waals surface area contributed by atoms with Crippen LogP contribution in [0.3, 0.4) is 0 Å². The summed E-state index contributed by atoms with van der Waals surface area (Å²) in [5.41, 5.74) is 0.0323. The van der Waals surface area contributed by atoms with Crippen molar-refractivity contribution < 1.29 is 9.53 Å². The normalized spacial score (nSPS) is 14.6. The van der Waals surface area contributed by atoms with Crippen LogP contribution in [0.15, 0.2) is 0 Å². The lowest BCUT2D eigenvalue weighted by molar-refractivity contribution is -0.157. The summed E-state index contributed by atoms with van der Waals surface area (Å²) in [6.07, 6.45) is -0.0209. The number of carbonyl (C=O) groups is 1. The zero-order chi connectivity index (χ0) is 9.94. The van der Waals surface area contributed by atoms with Crippen LogP contribution in [0.25, 0.3) is 0 Å². The van der Waals surface area contributed by atoms with Crippen molar-refractivity contribution in [3.8, 4) is 0 Å². The van der Waals surface area contributed by atoms with E-state index in [1.807, 2.05) is 20.8 Å². The van der Waals surface area contributed by atoms with Crippen LogP contribution >= 0.6 is 0 Å². The first-order valence-electron chi connectivity index (χ1n) is 4.45. The van der Waals surface area contributed by atoms with Crippen molar-refractivity contribution in [1.82, 2.24) is 0 Å². The number of rotatable bonds is 2. The first-order chi connectivity index (χ1) is 5.25. The van der Waals surface area contributed by atoms with Gasteiger partial charge in [0, 0.05) is 0 Å². The molecule has 0 N–H and O–H groups in total. The average Bonchev–Trinajstić information content (AvgIpc) is 1.85. The van der Waals surface area contributed by atoms with Crippen LogP contribution in [0.5, 0.6) is 0 Å². The average molecular weight is 172 g/mol. The molecule has 0 aliphatic carbocycles. The number of ether oxygens (including phenoxy) is 1. The van der Waals surface area contributed by atoms with Crippen molar-refractivity contribution in [3.05, 3.63) is 0 Å². The monoisotopic (exact) mass is 172 g/mol. The Morgan fingerprint density at radius 3 is 1.83 bits per heavy atom. The van der Waals surface area contributed by atoms with E-state index in [-0.39, 0.29) is 23.4 Å². The molecule has 0 saturated carbocycles. The Labute approximate surface area is 75.3 Å². The number of hydrogen-bond donors (Lipinski definition) is 0. The summed E-state index contributed by atoms with van der Waals surface area (Å²) in [5, 5.41) is 0. The van der Waals surface area contributed by atoms with Crippen LogP contribution in [0.1, 0.15) is 41.5 Å². The van der Waals surface area contributed by atoms with Crippen molar-refractivity contribution >= 4 is 5.97 Å². The van der Waals surface area contributed by atoms with Crippen LogP contribution in [0.4, 0.5) is 0 Å². The van der Waals surface area contributed by atoms with Crippen molar-refractivity contribution in [3.63, 3.8) is 0 Å². The Morgan fingerprint density at radius 2 is 1.58 bits per heavy atom. The standard InChI is InChI=1S/C10H20O2/c1-7(2)9(11)12-8(3)10(4,5)6/h7-8H,1-6H3. The summed E-state index contributed by atoms with van der Waals surface area (Å²) in [6.45, 7) is 11.8. The van der Waals surface area contributed by atoms with Gasteiger partial charge in [0.2, 0.25) is 0 Å². The minimum absolute atomic E-state index is 0.0209. The third-order valence-corrected chi connectivity index (χ3v) is 1.98. The third-order valence-electron chi connectivity index (χ3n) is 1.98. The second-order valence-electron chi connectivity index (χ2n) is 4.60. The molecule has 0 amide bonds. The Bertz CT molecular complexity index is 154. The van der Waals surface area contributed by atoms with E-state index in [0.717, 1.165) is 0 Å². The highest BCUT2D eigenvalue weighted by Crippen LogP contribution is 2.22. The highest BCUT2D eigenvalue weighted by molar-refractivity contribution is 5.71. The summed E-state index contributed by atoms with van der Waals surface area (Å²) < 4.78 is 5.24. The smallest absolute Gasteiger partial charge is 0.308 e. The van der Waals surface area contributed by atoms with Gasteiger partial charge in [-0.3, -0.25) is 4.79 Å². The molecule has 12 heavy (non-hydrogen) atoms. The first-order valence-corrected chi connectivity index (χ1v) is 4.45. The van der Waals surface area contributed by atoms with Gasteiger partial charge in [-0.1, -0.05) is 34.6 Å². The molecule has 1 atom stereocenters. The van der Waals surface area contributed by atoms with Gasteiger partial charge in [0.25, 0.3) is 0 Å². The van der Waals surface area contributed by atoms with Gasteiger partial charge in [0.15, 0.2) is 0 Å². The van der Waals surface area contributed by atoms with Gasteiger partial charge in [-0.25, -0.2) is 0 Å². The fourth-order valence-electron chi connectivity index (χ4n) is 0.487. The zero-order valence-electron chi connectivity index (χ0n) is 8.97. The molecule has 0 aliphatic heterocycles. The van der Waals surface area contributed by atoms with Crippen LogP contribution in [-0.4, -0.2) is 12.1 Å². The van der Waals surface area contributed by atoms with Crippen LogP contribution < -0.4 is 0 Å². The third kappa shape index (κ3) is 3.74. The molecule has 0 spiro atoms. The Hall–Kier alpha value is -0.530. The summed E-state index contributed by atoms with van der Waals surface area (Å²) in [6, 6.07) is 0. The molecule has 0 heterocycles. The predicted molar refractivity (Wildman–Crippen MR) is 49.8 cm³/mol. The SMILES string of the molecule is CC(C)C(=O)OC(C)C(C)(C)C. The first kappa shape index (κ1) is 11.5. The van der Waals surface area contributed by atoms with Crippen LogP contribution in [0.2, 0.25) is 0 Å². The lowest BCUT2D eigenvalue weighted by Gasteiger charge is -2.27. The van der Waals surface area contributed by atoms with Gasteiger partial charge in [0.05, 0.1) is 5.92 Å². The molecule has 0 aromatic carbocycles. The number of esters is 1. The van der Waals surface area contributed by atoms with E-state index in [9.17, 15) is 4.79 Å². The van der Waals surface area contributed by atoms with Gasteiger partial charge in [-0.15, -0.1) is 0 Å². The molecule has 0 aromatic heterocycles. The predicted octanol–water partition coefficient (Wildman–Crippen LogP) is 2.62. The van der Waals surface area contributed by atoms with Gasteiger partial charge < -0.3 is 4.74 Å². The van der Waals surface area contributed by atoms with Gasteiger partial charge in [-0.05, 0) is 12.3 Å². The number of carbonyl (C=O) groups excluding carboxylic acids is 1. The molecule has 0 saturated heterocycles. The maximum atomic E-state index is 11.2. The van der Waals surface area contributed by atoms with Gasteiger partial charge >= 0.3 is 5.97 Å². The molecule has 0 aliphatic rings. The van der Waals surface area contributed by atoms with E-state index in [1.54, 1.807) is 0 Å². The van der Waals surface area contributed by atoms with Crippen molar-refractivity contribution in [1.29, 1.82) is 0 Å². The fourth-order valence-corrected chi connectivity index (χ4v) is 0.487. The van der Waals surface area contributed by atoms with Crippen LogP contribution in [-0.2, 0) is 9.53 Å². The highest BCUT2D eigenvalue weighted by atomic mass is 16.5.